The van der Waals surface area contributed by atoms with Crippen molar-refractivity contribution in [2.75, 3.05) is 27.6 Å². The van der Waals surface area contributed by atoms with Crippen LogP contribution in [-0.4, -0.2) is 44.5 Å². The smallest absolute Gasteiger partial charge is 0.336 e. The Morgan fingerprint density at radius 3 is 2.33 bits per heavy atom. The van der Waals surface area contributed by atoms with Gasteiger partial charge in [-0.2, -0.15) is 0 Å². The van der Waals surface area contributed by atoms with Crippen molar-refractivity contribution in [2.45, 2.75) is 19.4 Å². The Labute approximate surface area is 191 Å². The van der Waals surface area contributed by atoms with E-state index in [1.165, 1.54) is 14.2 Å². The second-order valence-electron chi connectivity index (χ2n) is 7.45. The van der Waals surface area contributed by atoms with Gasteiger partial charge >= 0.3 is 11.9 Å². The van der Waals surface area contributed by atoms with Crippen LogP contribution in [0.3, 0.4) is 0 Å². The summed E-state index contributed by atoms with van der Waals surface area (Å²) in [6, 6.07) is 12.9. The van der Waals surface area contributed by atoms with E-state index < -0.39 is 17.9 Å². The number of benzene rings is 2. The number of fused-ring (bicyclic) bond motifs is 1. The van der Waals surface area contributed by atoms with E-state index in [4.69, 9.17) is 23.7 Å². The SMILES string of the molecule is CCOc1cccc(C2C(C(=O)OC)=CN(Cc3ccc4c(c3)OCO4)C=C2C(=O)OC)c1. The van der Waals surface area contributed by atoms with Gasteiger partial charge < -0.3 is 28.6 Å². The molecule has 0 unspecified atom stereocenters. The van der Waals surface area contributed by atoms with Crippen LogP contribution >= 0.6 is 0 Å². The van der Waals surface area contributed by atoms with E-state index in [2.05, 4.69) is 0 Å². The molecule has 2 aliphatic heterocycles. The highest BCUT2D eigenvalue weighted by molar-refractivity contribution is 5.98. The quantitative estimate of drug-likeness (QED) is 0.592. The molecule has 0 saturated carbocycles. The summed E-state index contributed by atoms with van der Waals surface area (Å²) in [5, 5.41) is 0. The van der Waals surface area contributed by atoms with Gasteiger partial charge in [-0.25, -0.2) is 9.59 Å². The molecule has 0 spiro atoms. The Hall–Kier alpha value is -3.94. The number of hydrogen-bond acceptors (Lipinski definition) is 8. The topological polar surface area (TPSA) is 83.5 Å². The first-order valence-corrected chi connectivity index (χ1v) is 10.5. The van der Waals surface area contributed by atoms with Crippen LogP contribution < -0.4 is 14.2 Å². The maximum absolute atomic E-state index is 12.8. The molecule has 0 aliphatic carbocycles. The normalized spacial score (nSPS) is 14.9. The highest BCUT2D eigenvalue weighted by Gasteiger charge is 2.35. The number of methoxy groups -OCH3 is 2. The molecular formula is C25H25NO7. The van der Waals surface area contributed by atoms with Gasteiger partial charge in [0.05, 0.1) is 37.9 Å². The molecule has 0 radical (unpaired) electrons. The second kappa shape index (κ2) is 9.68. The molecule has 0 atom stereocenters. The zero-order valence-electron chi connectivity index (χ0n) is 18.7. The summed E-state index contributed by atoms with van der Waals surface area (Å²) in [5.74, 6) is 0.247. The van der Waals surface area contributed by atoms with Crippen LogP contribution in [0, 0.1) is 0 Å². The molecule has 8 nitrogen and oxygen atoms in total. The molecule has 172 valence electrons. The fraction of sp³-hybridized carbons (Fsp3) is 0.280. The van der Waals surface area contributed by atoms with Gasteiger partial charge in [-0.05, 0) is 42.3 Å². The van der Waals surface area contributed by atoms with Crippen molar-refractivity contribution in [3.05, 3.63) is 77.1 Å². The van der Waals surface area contributed by atoms with Crippen molar-refractivity contribution in [1.82, 2.24) is 4.90 Å². The Kier molecular flexibility index (Phi) is 6.53. The minimum atomic E-state index is -0.668. The first-order chi connectivity index (χ1) is 16.0. The molecule has 0 bridgehead atoms. The fourth-order valence-electron chi connectivity index (χ4n) is 3.94. The summed E-state index contributed by atoms with van der Waals surface area (Å²) in [7, 11) is 2.63. The van der Waals surface area contributed by atoms with Crippen LogP contribution in [0.4, 0.5) is 0 Å². The molecule has 0 fully saturated rings. The van der Waals surface area contributed by atoms with Crippen LogP contribution in [0.5, 0.6) is 17.2 Å². The molecule has 0 N–H and O–H groups in total. The highest BCUT2D eigenvalue weighted by atomic mass is 16.7. The van der Waals surface area contributed by atoms with E-state index in [0.29, 0.717) is 41.5 Å². The maximum Gasteiger partial charge on any atom is 0.336 e. The molecule has 2 aromatic carbocycles. The van der Waals surface area contributed by atoms with Crippen molar-refractivity contribution in [3.8, 4) is 17.2 Å². The summed E-state index contributed by atoms with van der Waals surface area (Å²) >= 11 is 0. The molecule has 33 heavy (non-hydrogen) atoms. The van der Waals surface area contributed by atoms with Crippen LogP contribution in [0.15, 0.2) is 66.0 Å². The van der Waals surface area contributed by atoms with E-state index in [-0.39, 0.29) is 6.79 Å². The number of esters is 2. The predicted molar refractivity (Wildman–Crippen MR) is 119 cm³/mol. The minimum Gasteiger partial charge on any atom is -0.494 e. The largest absolute Gasteiger partial charge is 0.494 e. The summed E-state index contributed by atoms with van der Waals surface area (Å²) in [5.41, 5.74) is 2.26. The van der Waals surface area contributed by atoms with Crippen molar-refractivity contribution < 1.29 is 33.3 Å². The monoisotopic (exact) mass is 451 g/mol. The average molecular weight is 451 g/mol. The maximum atomic E-state index is 12.8. The van der Waals surface area contributed by atoms with Crippen LogP contribution in [0.2, 0.25) is 0 Å². The van der Waals surface area contributed by atoms with Gasteiger partial charge in [0, 0.05) is 18.9 Å². The molecule has 0 saturated heterocycles. The molecule has 0 amide bonds. The zero-order valence-corrected chi connectivity index (χ0v) is 18.7. The molecular weight excluding hydrogens is 426 g/mol. The lowest BCUT2D eigenvalue weighted by molar-refractivity contribution is -0.137. The van der Waals surface area contributed by atoms with E-state index in [9.17, 15) is 9.59 Å². The van der Waals surface area contributed by atoms with Crippen LogP contribution in [-0.2, 0) is 25.6 Å². The molecule has 2 aromatic rings. The van der Waals surface area contributed by atoms with Gasteiger partial charge in [0.1, 0.15) is 5.75 Å². The average Bonchev–Trinajstić information content (AvgIpc) is 3.31. The van der Waals surface area contributed by atoms with Crippen LogP contribution in [0.1, 0.15) is 24.0 Å². The molecule has 8 heteroatoms. The highest BCUT2D eigenvalue weighted by Crippen LogP contribution is 2.39. The van der Waals surface area contributed by atoms with E-state index in [0.717, 1.165) is 11.1 Å². The second-order valence-corrected chi connectivity index (χ2v) is 7.45. The first kappa shape index (κ1) is 22.3. The van der Waals surface area contributed by atoms with Gasteiger partial charge in [-0.3, -0.25) is 0 Å². The van der Waals surface area contributed by atoms with Gasteiger partial charge in [0.15, 0.2) is 11.5 Å². The summed E-state index contributed by atoms with van der Waals surface area (Å²) in [4.78, 5) is 27.4. The number of carbonyl (C=O) groups is 2. The summed E-state index contributed by atoms with van der Waals surface area (Å²) in [6.45, 7) is 2.96. The Balaban J connectivity index is 1.73. The van der Waals surface area contributed by atoms with Crippen molar-refractivity contribution in [3.63, 3.8) is 0 Å². The van der Waals surface area contributed by atoms with Crippen LogP contribution in [0.25, 0.3) is 0 Å². The fourth-order valence-corrected chi connectivity index (χ4v) is 3.94. The molecule has 2 heterocycles. The third-order valence-corrected chi connectivity index (χ3v) is 5.38. The van der Waals surface area contributed by atoms with Gasteiger partial charge in [0.2, 0.25) is 6.79 Å². The van der Waals surface area contributed by atoms with Gasteiger partial charge in [0.25, 0.3) is 0 Å². The standard InChI is InChI=1S/C25H25NO7/c1-4-31-18-7-5-6-17(11-18)23-19(24(27)29-2)13-26(14-20(23)25(28)30-3)12-16-8-9-21-22(10-16)33-15-32-21/h5-11,13-14,23H,4,12,15H2,1-3H3. The third kappa shape index (κ3) is 4.64. The predicted octanol–water partition coefficient (Wildman–Crippen LogP) is 3.53. The third-order valence-electron chi connectivity index (χ3n) is 5.38. The summed E-state index contributed by atoms with van der Waals surface area (Å²) < 4.78 is 26.6. The van der Waals surface area contributed by atoms with Gasteiger partial charge in [-0.1, -0.05) is 18.2 Å². The van der Waals surface area contributed by atoms with E-state index in [1.54, 1.807) is 17.3 Å². The summed E-state index contributed by atoms with van der Waals surface area (Å²) in [6.07, 6.45) is 3.39. The van der Waals surface area contributed by atoms with Crippen molar-refractivity contribution in [2.24, 2.45) is 0 Å². The van der Waals surface area contributed by atoms with Crippen molar-refractivity contribution in [1.29, 1.82) is 0 Å². The molecule has 4 rings (SSSR count). The first-order valence-electron chi connectivity index (χ1n) is 10.5. The Morgan fingerprint density at radius 1 is 0.970 bits per heavy atom. The van der Waals surface area contributed by atoms with Crippen molar-refractivity contribution >= 4 is 11.9 Å². The molecule has 2 aliphatic rings. The Bertz CT molecular complexity index is 1090. The number of rotatable bonds is 7. The van der Waals surface area contributed by atoms with E-state index >= 15 is 0 Å². The lowest BCUT2D eigenvalue weighted by atomic mass is 9.83. The number of ether oxygens (including phenoxy) is 5. The minimum absolute atomic E-state index is 0.184. The number of carbonyl (C=O) groups excluding carboxylic acids is 2. The number of hydrogen-bond donors (Lipinski definition) is 0. The zero-order chi connectivity index (χ0) is 23.4. The molecule has 0 aromatic heterocycles. The lowest BCUT2D eigenvalue weighted by Crippen LogP contribution is -2.28. The number of nitrogens with zero attached hydrogens (tertiary/aromatic N) is 1. The van der Waals surface area contributed by atoms with E-state index in [1.807, 2.05) is 49.4 Å². The lowest BCUT2D eigenvalue weighted by Gasteiger charge is -2.30. The Morgan fingerprint density at radius 2 is 1.67 bits per heavy atom. The van der Waals surface area contributed by atoms with Gasteiger partial charge in [-0.15, -0.1) is 0 Å².